The molecule has 17 aromatic rings. The molecule has 0 saturated heterocycles. The number of nitriles is 1. The zero-order valence-corrected chi connectivity index (χ0v) is 65.8. The summed E-state index contributed by atoms with van der Waals surface area (Å²) in [5.74, 6) is 0. The molecule has 3 aliphatic heterocycles. The Morgan fingerprint density at radius 2 is 0.743 bits per heavy atom. The maximum Gasteiger partial charge on any atom is 0.252 e. The smallest absolute Gasteiger partial charge is 0.252 e. The van der Waals surface area contributed by atoms with E-state index in [1.54, 1.807) is 4.57 Å². The molecule has 20 rings (SSSR count). The highest BCUT2D eigenvalue weighted by atomic mass is 15.2. The van der Waals surface area contributed by atoms with Gasteiger partial charge in [0.2, 0.25) is 0 Å². The van der Waals surface area contributed by atoms with Gasteiger partial charge in [-0.05, 0) is 243 Å². The molecule has 0 N–H and O–H groups in total. The predicted molar refractivity (Wildman–Crippen MR) is 480 cm³/mol. The Hall–Kier alpha value is -12.9. The number of fused-ring (bicyclic) bond motifs is 23. The fourth-order valence-corrected chi connectivity index (χ4v) is 17.9. The van der Waals surface area contributed by atoms with Crippen molar-refractivity contribution in [1.82, 2.24) is 9.13 Å². The van der Waals surface area contributed by atoms with Crippen molar-refractivity contribution in [1.29, 1.82) is 5.26 Å². The van der Waals surface area contributed by atoms with Crippen LogP contribution in [0.2, 0.25) is 0 Å². The number of anilines is 6. The summed E-state index contributed by atoms with van der Waals surface area (Å²) in [4.78, 5) is 5.12. The standard InChI is InChI=1S/C107H88BN5/c1-104(2,3)77-36-26-33-71(54-77)74-44-50-97-92(57-74)108-91-46-45-82(111-93-40-23-22-39-83(93)88-51-66(65-109)41-47-94(88)111)64-98(91)113-100-63-80(107(10,11)12)62-99(101(100)108)112(97)102-84(67-27-16-13-17-28-67)58-78(105(4,5)6)60-86(102)75-34-24-31-69(52-75)72-42-48-95-89(55-72)90-56-73(43-49-96(90)110(95)81-37-20-15-21-38-81)70-32-25-35-76(53-70)87-61-79(106(7,8)9)59-85(103(87)113)68-29-18-14-19-30-68/h13-64H,1-12H3/i22D,23D,39D,40D,41D,47D,51D. The highest BCUT2D eigenvalue weighted by Crippen LogP contribution is 2.56. The average Bonchev–Trinajstić information content (AvgIpc) is 1.23. The molecule has 113 heavy (non-hydrogen) atoms. The summed E-state index contributed by atoms with van der Waals surface area (Å²) >= 11 is 0. The summed E-state index contributed by atoms with van der Waals surface area (Å²) in [6, 6.07) is 100. The summed E-state index contributed by atoms with van der Waals surface area (Å²) in [6.45, 7) is 26.9. The zero-order valence-electron chi connectivity index (χ0n) is 72.8. The number of hydrogen-bond acceptors (Lipinski definition) is 3. The fourth-order valence-electron chi connectivity index (χ4n) is 17.9. The van der Waals surface area contributed by atoms with Crippen LogP contribution in [0.25, 0.3) is 133 Å². The Morgan fingerprint density at radius 1 is 0.301 bits per heavy atom. The molecule has 5 nitrogen and oxygen atoms in total. The van der Waals surface area contributed by atoms with Gasteiger partial charge in [0.1, 0.15) is 0 Å². The second kappa shape index (κ2) is 25.6. The van der Waals surface area contributed by atoms with E-state index in [2.05, 4.69) is 364 Å². The van der Waals surface area contributed by atoms with Crippen molar-refractivity contribution in [2.75, 3.05) is 9.80 Å². The lowest BCUT2D eigenvalue weighted by molar-refractivity contribution is 0.590. The van der Waals surface area contributed by atoms with E-state index in [0.717, 1.165) is 167 Å². The van der Waals surface area contributed by atoms with Crippen molar-refractivity contribution in [3.05, 3.63) is 343 Å². The van der Waals surface area contributed by atoms with Gasteiger partial charge in [-0.2, -0.15) is 5.26 Å². The van der Waals surface area contributed by atoms with Gasteiger partial charge in [-0.1, -0.05) is 271 Å². The summed E-state index contributed by atoms with van der Waals surface area (Å²) < 4.78 is 71.9. The van der Waals surface area contributed by atoms with E-state index in [0.29, 0.717) is 5.69 Å². The molecule has 5 heterocycles. The van der Waals surface area contributed by atoms with Crippen molar-refractivity contribution >= 4 is 101 Å². The molecule has 15 aromatic carbocycles. The van der Waals surface area contributed by atoms with Gasteiger partial charge in [0.15, 0.2) is 0 Å². The molecule has 0 unspecified atom stereocenters. The van der Waals surface area contributed by atoms with Gasteiger partial charge in [-0.15, -0.1) is 0 Å². The van der Waals surface area contributed by atoms with Crippen LogP contribution in [-0.2, 0) is 21.7 Å². The number of hydrogen-bond donors (Lipinski definition) is 0. The lowest BCUT2D eigenvalue weighted by atomic mass is 9.33. The Kier molecular flexibility index (Phi) is 14.0. The number of para-hydroxylation sites is 2. The Balaban J connectivity index is 1.02. The van der Waals surface area contributed by atoms with Gasteiger partial charge in [0.05, 0.1) is 54.7 Å². The average molecular weight is 1460 g/mol. The van der Waals surface area contributed by atoms with Crippen molar-refractivity contribution in [3.8, 4) is 95.3 Å². The topological polar surface area (TPSA) is 40.1 Å². The molecule has 3 aliphatic rings. The number of benzene rings is 15. The van der Waals surface area contributed by atoms with E-state index in [4.69, 9.17) is 0 Å². The van der Waals surface area contributed by atoms with Crippen LogP contribution in [0.4, 0.5) is 34.1 Å². The molecule has 0 saturated carbocycles. The molecular weight excluding hydrogens is 1370 g/mol. The van der Waals surface area contributed by atoms with Crippen LogP contribution in [0.5, 0.6) is 0 Å². The van der Waals surface area contributed by atoms with Crippen LogP contribution in [0.1, 0.15) is 120 Å². The molecule has 0 amide bonds. The third-order valence-corrected chi connectivity index (χ3v) is 23.9. The second-order valence-electron chi connectivity index (χ2n) is 35.1. The lowest BCUT2D eigenvalue weighted by Gasteiger charge is -2.47. The number of rotatable bonds is 5. The first kappa shape index (κ1) is 61.8. The van der Waals surface area contributed by atoms with Crippen LogP contribution in [0.15, 0.2) is 315 Å². The molecule has 0 atom stereocenters. The first-order chi connectivity index (χ1) is 57.4. The van der Waals surface area contributed by atoms with Crippen LogP contribution in [0, 0.1) is 11.3 Å². The maximum absolute atomic E-state index is 10.8. The van der Waals surface area contributed by atoms with Gasteiger partial charge in [0, 0.05) is 77.9 Å². The van der Waals surface area contributed by atoms with E-state index in [-0.39, 0.29) is 56.3 Å². The summed E-state index contributed by atoms with van der Waals surface area (Å²) in [7, 11) is 0. The Bertz CT molecular complexity index is 7310. The zero-order chi connectivity index (χ0) is 83.4. The molecule has 13 bridgehead atoms. The quantitative estimate of drug-likeness (QED) is 0.161. The normalized spacial score (nSPS) is 13.9. The van der Waals surface area contributed by atoms with Gasteiger partial charge in [-0.25, -0.2) is 0 Å². The first-order valence-corrected chi connectivity index (χ1v) is 39.4. The third kappa shape index (κ3) is 11.3. The largest absolute Gasteiger partial charge is 0.310 e. The predicted octanol–water partition coefficient (Wildman–Crippen LogP) is 27.0. The summed E-state index contributed by atoms with van der Waals surface area (Å²) in [5, 5.41) is 13.0. The fraction of sp³-hybridized carbons (Fsp3) is 0.150. The monoisotopic (exact) mass is 1460 g/mol. The molecule has 0 aliphatic carbocycles. The Morgan fingerprint density at radius 3 is 1.29 bits per heavy atom. The summed E-state index contributed by atoms with van der Waals surface area (Å²) in [5.41, 5.74) is 29.5. The van der Waals surface area contributed by atoms with Crippen LogP contribution >= 0.6 is 0 Å². The lowest BCUT2D eigenvalue weighted by Crippen LogP contribution is -2.61. The molecule has 544 valence electrons. The van der Waals surface area contributed by atoms with Crippen LogP contribution in [0.3, 0.4) is 0 Å². The van der Waals surface area contributed by atoms with E-state index in [1.807, 2.05) is 12.1 Å². The number of aromatic nitrogens is 2. The minimum absolute atomic E-state index is 0.00614. The number of nitrogens with zero attached hydrogens (tertiary/aromatic N) is 5. The van der Waals surface area contributed by atoms with Gasteiger partial charge >= 0.3 is 0 Å². The highest BCUT2D eigenvalue weighted by Gasteiger charge is 2.47. The highest BCUT2D eigenvalue weighted by molar-refractivity contribution is 7.00. The molecule has 6 heteroatoms. The van der Waals surface area contributed by atoms with Crippen molar-refractivity contribution in [3.63, 3.8) is 0 Å². The second-order valence-corrected chi connectivity index (χ2v) is 35.1. The van der Waals surface area contributed by atoms with Gasteiger partial charge in [0.25, 0.3) is 6.71 Å². The van der Waals surface area contributed by atoms with Crippen molar-refractivity contribution < 1.29 is 9.60 Å². The van der Waals surface area contributed by atoms with E-state index >= 15 is 0 Å². The van der Waals surface area contributed by atoms with E-state index in [1.165, 1.54) is 11.1 Å². The SMILES string of the molecule is [2H]c1c([2H])c([2H])c2c(c1[2H])c1c([2H])c(C#N)c([2H])c([2H])c1n2-c1ccc2c(c1)N1c3cc(C(C)(C)C)cc4c3B2c2cc(-c3cccc(C(C)(C)C)c3)ccc2N4c2c(-c3ccccc3)cc(C(C)(C)C)cc2-c2cccc(c2)-c2ccc3c(c2)c2cc(ccc2n3-c2ccccc2)-c2cccc(c2)-c2cc(C(C)(C)C)cc(-c3ccccc3)c21. The Labute approximate surface area is 673 Å². The van der Waals surface area contributed by atoms with Crippen LogP contribution < -0.4 is 26.2 Å². The molecule has 0 fully saturated rings. The molecule has 2 aromatic heterocycles. The van der Waals surface area contributed by atoms with Gasteiger partial charge in [-0.3, -0.25) is 0 Å². The third-order valence-electron chi connectivity index (χ3n) is 23.9. The van der Waals surface area contributed by atoms with Gasteiger partial charge < -0.3 is 18.9 Å². The van der Waals surface area contributed by atoms with E-state index in [9.17, 15) is 14.9 Å². The van der Waals surface area contributed by atoms with E-state index < -0.39 is 41.7 Å². The maximum atomic E-state index is 10.8. The van der Waals surface area contributed by atoms with Crippen molar-refractivity contribution in [2.45, 2.75) is 105 Å². The summed E-state index contributed by atoms with van der Waals surface area (Å²) in [6.07, 6.45) is 0. The van der Waals surface area contributed by atoms with Crippen LogP contribution in [-0.4, -0.2) is 15.8 Å². The molecule has 0 spiro atoms. The molecular formula is C107H88BN5. The van der Waals surface area contributed by atoms with Crippen molar-refractivity contribution in [2.24, 2.45) is 0 Å². The minimum atomic E-state index is -0.532. The minimum Gasteiger partial charge on any atom is -0.310 e. The first-order valence-electron chi connectivity index (χ1n) is 42.9. The molecule has 0 radical (unpaired) electrons.